The molecule has 5 heteroatoms. The summed E-state index contributed by atoms with van der Waals surface area (Å²) in [6.45, 7) is 0.788. The van der Waals surface area contributed by atoms with Crippen LogP contribution in [0.2, 0.25) is 0 Å². The average molecular weight is 262 g/mol. The number of rotatable bonds is 2. The van der Waals surface area contributed by atoms with Crippen molar-refractivity contribution in [2.45, 2.75) is 37.8 Å². The van der Waals surface area contributed by atoms with Gasteiger partial charge >= 0.3 is 0 Å². The average Bonchev–Trinajstić information content (AvgIpc) is 2.88. The van der Waals surface area contributed by atoms with Crippen LogP contribution in [0.5, 0.6) is 5.75 Å². The first-order chi connectivity index (χ1) is 9.25. The van der Waals surface area contributed by atoms with Gasteiger partial charge in [-0.3, -0.25) is 4.79 Å². The van der Waals surface area contributed by atoms with Gasteiger partial charge in [0.1, 0.15) is 5.75 Å². The van der Waals surface area contributed by atoms with E-state index in [0.29, 0.717) is 5.92 Å². The van der Waals surface area contributed by atoms with Gasteiger partial charge in [0.2, 0.25) is 0 Å². The van der Waals surface area contributed by atoms with Gasteiger partial charge in [0.05, 0.1) is 6.10 Å². The van der Waals surface area contributed by atoms with E-state index in [1.54, 1.807) is 6.07 Å². The zero-order valence-corrected chi connectivity index (χ0v) is 10.7. The van der Waals surface area contributed by atoms with E-state index < -0.39 is 0 Å². The summed E-state index contributed by atoms with van der Waals surface area (Å²) in [5, 5.41) is 12.7. The monoisotopic (exact) mass is 262 g/mol. The molecule has 2 aliphatic rings. The van der Waals surface area contributed by atoms with E-state index in [4.69, 9.17) is 4.74 Å². The first-order valence-electron chi connectivity index (χ1n) is 6.82. The Morgan fingerprint density at radius 1 is 1.42 bits per heavy atom. The van der Waals surface area contributed by atoms with Crippen molar-refractivity contribution in [1.29, 1.82) is 0 Å². The SMILES string of the molecule is O=C(NC1CCCC2OCCC12)c1ncccc1O. The van der Waals surface area contributed by atoms with Gasteiger partial charge in [0, 0.05) is 24.8 Å². The van der Waals surface area contributed by atoms with Gasteiger partial charge in [-0.15, -0.1) is 0 Å². The van der Waals surface area contributed by atoms with Crippen molar-refractivity contribution in [3.63, 3.8) is 0 Å². The Hall–Kier alpha value is -1.62. The molecule has 3 rings (SSSR count). The fourth-order valence-corrected chi connectivity index (χ4v) is 3.16. The molecular formula is C14H18N2O3. The van der Waals surface area contributed by atoms with Crippen molar-refractivity contribution >= 4 is 5.91 Å². The summed E-state index contributed by atoms with van der Waals surface area (Å²) in [5.41, 5.74) is 0.100. The second kappa shape index (κ2) is 5.17. The third kappa shape index (κ3) is 2.42. The molecule has 0 aromatic carbocycles. The highest BCUT2D eigenvalue weighted by Crippen LogP contribution is 2.34. The zero-order valence-electron chi connectivity index (χ0n) is 10.7. The Kier molecular flexibility index (Phi) is 3.38. The van der Waals surface area contributed by atoms with E-state index in [-0.39, 0.29) is 29.5 Å². The van der Waals surface area contributed by atoms with Crippen LogP contribution >= 0.6 is 0 Å². The third-order valence-corrected chi connectivity index (χ3v) is 4.10. The van der Waals surface area contributed by atoms with E-state index in [0.717, 1.165) is 32.3 Å². The van der Waals surface area contributed by atoms with Crippen molar-refractivity contribution < 1.29 is 14.6 Å². The number of pyridine rings is 1. The minimum atomic E-state index is -0.296. The number of hydrogen-bond acceptors (Lipinski definition) is 4. The smallest absolute Gasteiger partial charge is 0.273 e. The first-order valence-corrected chi connectivity index (χ1v) is 6.82. The normalized spacial score (nSPS) is 29.8. The first kappa shape index (κ1) is 12.4. The number of ether oxygens (including phenoxy) is 1. The van der Waals surface area contributed by atoms with Crippen LogP contribution in [0.25, 0.3) is 0 Å². The minimum Gasteiger partial charge on any atom is -0.505 e. The molecule has 1 aliphatic carbocycles. The second-order valence-electron chi connectivity index (χ2n) is 5.24. The molecule has 1 aliphatic heterocycles. The predicted molar refractivity (Wildman–Crippen MR) is 68.9 cm³/mol. The number of hydrogen-bond donors (Lipinski definition) is 2. The van der Waals surface area contributed by atoms with Crippen LogP contribution < -0.4 is 5.32 Å². The third-order valence-electron chi connectivity index (χ3n) is 4.10. The van der Waals surface area contributed by atoms with E-state index in [1.165, 1.54) is 12.3 Å². The lowest BCUT2D eigenvalue weighted by atomic mass is 9.82. The van der Waals surface area contributed by atoms with Crippen LogP contribution in [0.4, 0.5) is 0 Å². The van der Waals surface area contributed by atoms with Gasteiger partial charge in [-0.2, -0.15) is 0 Å². The van der Waals surface area contributed by atoms with Crippen LogP contribution in [-0.2, 0) is 4.74 Å². The fraction of sp³-hybridized carbons (Fsp3) is 0.571. The van der Waals surface area contributed by atoms with Crippen LogP contribution in [0.1, 0.15) is 36.2 Å². The van der Waals surface area contributed by atoms with Gasteiger partial charge in [-0.05, 0) is 37.8 Å². The number of nitrogens with one attached hydrogen (secondary N) is 1. The van der Waals surface area contributed by atoms with Crippen molar-refractivity contribution in [1.82, 2.24) is 10.3 Å². The Balaban J connectivity index is 1.71. The summed E-state index contributed by atoms with van der Waals surface area (Å²) < 4.78 is 5.68. The van der Waals surface area contributed by atoms with E-state index in [9.17, 15) is 9.90 Å². The number of fused-ring (bicyclic) bond motifs is 1. The Morgan fingerprint density at radius 2 is 2.32 bits per heavy atom. The van der Waals surface area contributed by atoms with Crippen molar-refractivity contribution in [3.05, 3.63) is 24.0 Å². The summed E-state index contributed by atoms with van der Waals surface area (Å²) in [7, 11) is 0. The molecule has 1 aromatic heterocycles. The number of nitrogens with zero attached hydrogens (tertiary/aromatic N) is 1. The van der Waals surface area contributed by atoms with Crippen molar-refractivity contribution in [2.24, 2.45) is 5.92 Å². The maximum atomic E-state index is 12.1. The summed E-state index contributed by atoms with van der Waals surface area (Å²) in [4.78, 5) is 16.1. The highest BCUT2D eigenvalue weighted by Gasteiger charge is 2.38. The Labute approximate surface area is 112 Å². The summed E-state index contributed by atoms with van der Waals surface area (Å²) in [6.07, 6.45) is 5.94. The second-order valence-corrected chi connectivity index (χ2v) is 5.24. The minimum absolute atomic E-state index is 0.0740. The number of aromatic nitrogens is 1. The molecule has 102 valence electrons. The molecule has 1 saturated heterocycles. The molecule has 1 saturated carbocycles. The maximum Gasteiger partial charge on any atom is 0.273 e. The Bertz CT molecular complexity index is 478. The zero-order chi connectivity index (χ0) is 13.2. The predicted octanol–water partition coefficient (Wildman–Crippen LogP) is 1.47. The maximum absolute atomic E-state index is 12.1. The largest absolute Gasteiger partial charge is 0.505 e. The molecule has 0 spiro atoms. The lowest BCUT2D eigenvalue weighted by molar-refractivity contribution is 0.0509. The number of carbonyl (C=O) groups is 1. The van der Waals surface area contributed by atoms with E-state index in [2.05, 4.69) is 10.3 Å². The quantitative estimate of drug-likeness (QED) is 0.846. The van der Waals surface area contributed by atoms with Crippen LogP contribution in [-0.4, -0.2) is 34.8 Å². The number of amides is 1. The lowest BCUT2D eigenvalue weighted by Crippen LogP contribution is -2.45. The van der Waals surface area contributed by atoms with Crippen molar-refractivity contribution in [3.8, 4) is 5.75 Å². The lowest BCUT2D eigenvalue weighted by Gasteiger charge is -2.33. The van der Waals surface area contributed by atoms with Gasteiger partial charge in [-0.1, -0.05) is 0 Å². The van der Waals surface area contributed by atoms with E-state index >= 15 is 0 Å². The van der Waals surface area contributed by atoms with Gasteiger partial charge in [0.25, 0.3) is 5.91 Å². The molecule has 2 N–H and O–H groups in total. The summed E-state index contributed by atoms with van der Waals surface area (Å²) >= 11 is 0. The van der Waals surface area contributed by atoms with Crippen LogP contribution in [0, 0.1) is 5.92 Å². The summed E-state index contributed by atoms with van der Waals surface area (Å²) in [5.74, 6) is 0.0363. The van der Waals surface area contributed by atoms with Gasteiger partial charge in [-0.25, -0.2) is 4.98 Å². The topological polar surface area (TPSA) is 71.5 Å². The molecule has 2 heterocycles. The van der Waals surface area contributed by atoms with Crippen LogP contribution in [0.15, 0.2) is 18.3 Å². The molecule has 0 radical (unpaired) electrons. The van der Waals surface area contributed by atoms with Crippen LogP contribution in [0.3, 0.4) is 0 Å². The standard InChI is InChI=1S/C14H18N2O3/c17-11-4-2-7-15-13(11)14(18)16-10-3-1-5-12-9(10)6-8-19-12/h2,4,7,9-10,12,17H,1,3,5-6,8H2,(H,16,18). The van der Waals surface area contributed by atoms with Gasteiger partial charge in [0.15, 0.2) is 5.69 Å². The van der Waals surface area contributed by atoms with Crippen molar-refractivity contribution in [2.75, 3.05) is 6.61 Å². The molecule has 5 nitrogen and oxygen atoms in total. The molecular weight excluding hydrogens is 244 g/mol. The number of carbonyl (C=O) groups excluding carboxylic acids is 1. The highest BCUT2D eigenvalue weighted by atomic mass is 16.5. The Morgan fingerprint density at radius 3 is 3.16 bits per heavy atom. The van der Waals surface area contributed by atoms with E-state index in [1.807, 2.05) is 0 Å². The van der Waals surface area contributed by atoms with Gasteiger partial charge < -0.3 is 15.2 Å². The molecule has 2 fully saturated rings. The molecule has 3 atom stereocenters. The molecule has 1 amide bonds. The number of aromatic hydroxyl groups is 1. The summed E-state index contributed by atoms with van der Waals surface area (Å²) in [6, 6.07) is 3.22. The molecule has 1 aromatic rings. The molecule has 19 heavy (non-hydrogen) atoms. The highest BCUT2D eigenvalue weighted by molar-refractivity contribution is 5.94. The molecule has 0 bridgehead atoms. The molecule has 3 unspecified atom stereocenters. The fourth-order valence-electron chi connectivity index (χ4n) is 3.16.